The quantitative estimate of drug-likeness (QED) is 0.201. The van der Waals surface area contributed by atoms with Crippen molar-refractivity contribution in [2.75, 3.05) is 12.9 Å². The minimum Gasteiger partial charge on any atom is -0.493 e. The number of aryl methyl sites for hydroxylation is 1. The second kappa shape index (κ2) is 11.9. The number of hydrazone groups is 1. The van der Waals surface area contributed by atoms with Crippen LogP contribution >= 0.6 is 39.3 Å². The van der Waals surface area contributed by atoms with Crippen LogP contribution in [0.25, 0.3) is 0 Å². The lowest BCUT2D eigenvalue weighted by molar-refractivity contribution is -0.118. The molecule has 0 aliphatic carbocycles. The van der Waals surface area contributed by atoms with Gasteiger partial charge in [0.25, 0.3) is 0 Å². The molecule has 1 N–H and O–H groups in total. The van der Waals surface area contributed by atoms with Crippen molar-refractivity contribution in [3.8, 4) is 11.5 Å². The van der Waals surface area contributed by atoms with Crippen LogP contribution in [0.1, 0.15) is 16.7 Å². The number of methoxy groups -OCH3 is 1. The molecule has 0 fully saturated rings. The smallest absolute Gasteiger partial charge is 0.250 e. The fraction of sp³-hybridized carbons (Fsp3) is 0.167. The molecule has 5 nitrogen and oxygen atoms in total. The molecule has 0 heterocycles. The van der Waals surface area contributed by atoms with E-state index in [1.165, 1.54) is 17.3 Å². The topological polar surface area (TPSA) is 59.9 Å². The molecule has 0 saturated heterocycles. The Morgan fingerprint density at radius 2 is 1.97 bits per heavy atom. The molecule has 1 amide bonds. The van der Waals surface area contributed by atoms with Crippen LogP contribution in [0.4, 0.5) is 0 Å². The van der Waals surface area contributed by atoms with Crippen molar-refractivity contribution in [1.29, 1.82) is 0 Å². The number of carbonyl (C=O) groups excluding carboxylic acids is 1. The predicted octanol–water partition coefficient (Wildman–Crippen LogP) is 6.24. The van der Waals surface area contributed by atoms with Crippen LogP contribution < -0.4 is 14.9 Å². The van der Waals surface area contributed by atoms with Gasteiger partial charge in [-0.15, -0.1) is 11.8 Å². The lowest BCUT2D eigenvalue weighted by atomic mass is 10.1. The molecule has 3 aromatic rings. The maximum atomic E-state index is 12.0. The number of nitrogens with zero attached hydrogens (tertiary/aromatic N) is 1. The summed E-state index contributed by atoms with van der Waals surface area (Å²) >= 11 is 10.8. The number of benzene rings is 3. The first-order chi connectivity index (χ1) is 15.4. The van der Waals surface area contributed by atoms with Gasteiger partial charge in [-0.25, -0.2) is 5.43 Å². The SMILES string of the molecule is COc1cc(/C=N\NC(=O)CSc2ccc(Cl)cc2)cc(Br)c1OCc1cccc(C)c1. The summed E-state index contributed by atoms with van der Waals surface area (Å²) in [5.41, 5.74) is 5.54. The average Bonchev–Trinajstić information content (AvgIpc) is 2.77. The first-order valence-electron chi connectivity index (χ1n) is 9.71. The van der Waals surface area contributed by atoms with Crippen molar-refractivity contribution < 1.29 is 14.3 Å². The van der Waals surface area contributed by atoms with Crippen LogP contribution in [-0.4, -0.2) is 25.0 Å². The molecule has 0 spiro atoms. The molecule has 0 bridgehead atoms. The van der Waals surface area contributed by atoms with Crippen LogP contribution in [-0.2, 0) is 11.4 Å². The van der Waals surface area contributed by atoms with Gasteiger partial charge in [-0.05, 0) is 70.4 Å². The molecule has 166 valence electrons. The van der Waals surface area contributed by atoms with Gasteiger partial charge in [0.05, 0.1) is 23.5 Å². The number of nitrogens with one attached hydrogen (secondary N) is 1. The zero-order valence-electron chi connectivity index (χ0n) is 17.6. The number of hydrogen-bond acceptors (Lipinski definition) is 5. The van der Waals surface area contributed by atoms with E-state index in [1.54, 1.807) is 31.5 Å². The number of thioether (sulfide) groups is 1. The third kappa shape index (κ3) is 7.29. The summed E-state index contributed by atoms with van der Waals surface area (Å²) in [5.74, 6) is 1.22. The summed E-state index contributed by atoms with van der Waals surface area (Å²) in [6.07, 6.45) is 1.56. The molecule has 3 rings (SSSR count). The summed E-state index contributed by atoms with van der Waals surface area (Å²) < 4.78 is 12.2. The van der Waals surface area contributed by atoms with Gasteiger partial charge in [0.2, 0.25) is 5.91 Å². The van der Waals surface area contributed by atoms with Crippen molar-refractivity contribution >= 4 is 51.4 Å². The molecule has 0 unspecified atom stereocenters. The van der Waals surface area contributed by atoms with E-state index in [-0.39, 0.29) is 11.7 Å². The third-order valence-corrected chi connectivity index (χ3v) is 6.16. The molecule has 3 aromatic carbocycles. The summed E-state index contributed by atoms with van der Waals surface area (Å²) in [6, 6.07) is 19.1. The van der Waals surface area contributed by atoms with Crippen molar-refractivity contribution in [2.24, 2.45) is 5.10 Å². The van der Waals surface area contributed by atoms with Crippen LogP contribution in [0.15, 0.2) is 75.1 Å². The summed E-state index contributed by atoms with van der Waals surface area (Å²) in [5, 5.41) is 4.70. The van der Waals surface area contributed by atoms with Crippen molar-refractivity contribution in [3.05, 3.63) is 86.8 Å². The first-order valence-corrected chi connectivity index (χ1v) is 11.9. The number of hydrogen-bond donors (Lipinski definition) is 1. The Kier molecular flexibility index (Phi) is 9.02. The van der Waals surface area contributed by atoms with E-state index >= 15 is 0 Å². The molecular weight excluding hydrogens is 512 g/mol. The fourth-order valence-corrected chi connectivity index (χ4v) is 4.19. The zero-order valence-corrected chi connectivity index (χ0v) is 20.8. The molecule has 0 radical (unpaired) electrons. The number of halogens is 2. The molecule has 8 heteroatoms. The van der Waals surface area contributed by atoms with Crippen LogP contribution in [0, 0.1) is 6.92 Å². The Hall–Kier alpha value is -2.48. The Labute approximate surface area is 205 Å². The van der Waals surface area contributed by atoms with Crippen LogP contribution in [0.2, 0.25) is 5.02 Å². The zero-order chi connectivity index (χ0) is 22.9. The lowest BCUT2D eigenvalue weighted by Gasteiger charge is -2.14. The van der Waals surface area contributed by atoms with E-state index in [9.17, 15) is 4.79 Å². The first kappa shape index (κ1) is 24.2. The van der Waals surface area contributed by atoms with E-state index in [1.807, 2.05) is 43.3 Å². The highest BCUT2D eigenvalue weighted by molar-refractivity contribution is 9.10. The number of carbonyl (C=O) groups is 1. The van der Waals surface area contributed by atoms with Gasteiger partial charge in [0, 0.05) is 9.92 Å². The van der Waals surface area contributed by atoms with Crippen molar-refractivity contribution in [2.45, 2.75) is 18.4 Å². The van der Waals surface area contributed by atoms with Gasteiger partial charge in [0.15, 0.2) is 11.5 Å². The highest BCUT2D eigenvalue weighted by Gasteiger charge is 2.12. The predicted molar refractivity (Wildman–Crippen MR) is 134 cm³/mol. The van der Waals surface area contributed by atoms with Gasteiger partial charge < -0.3 is 9.47 Å². The van der Waals surface area contributed by atoms with Gasteiger partial charge in [-0.2, -0.15) is 5.10 Å². The van der Waals surface area contributed by atoms with Gasteiger partial charge in [0.1, 0.15) is 6.61 Å². The third-order valence-electron chi connectivity index (χ3n) is 4.30. The molecular formula is C24H22BrClN2O3S. The minimum atomic E-state index is -0.203. The second-order valence-electron chi connectivity index (χ2n) is 6.85. The van der Waals surface area contributed by atoms with E-state index in [0.717, 1.165) is 20.5 Å². The van der Waals surface area contributed by atoms with Gasteiger partial charge in [-0.3, -0.25) is 4.79 Å². The Balaban J connectivity index is 1.57. The highest BCUT2D eigenvalue weighted by atomic mass is 79.9. The largest absolute Gasteiger partial charge is 0.493 e. The summed E-state index contributed by atoms with van der Waals surface area (Å²) in [6.45, 7) is 2.47. The van der Waals surface area contributed by atoms with Gasteiger partial charge >= 0.3 is 0 Å². The lowest BCUT2D eigenvalue weighted by Crippen LogP contribution is -2.19. The fourth-order valence-electron chi connectivity index (χ4n) is 2.80. The number of amides is 1. The average molecular weight is 534 g/mol. The van der Waals surface area contributed by atoms with Crippen molar-refractivity contribution in [1.82, 2.24) is 5.43 Å². The molecule has 0 aliphatic rings. The van der Waals surface area contributed by atoms with Crippen LogP contribution in [0.5, 0.6) is 11.5 Å². The van der Waals surface area contributed by atoms with Crippen LogP contribution in [0.3, 0.4) is 0 Å². The monoisotopic (exact) mass is 532 g/mol. The molecule has 32 heavy (non-hydrogen) atoms. The molecule has 0 atom stereocenters. The van der Waals surface area contributed by atoms with Crippen molar-refractivity contribution in [3.63, 3.8) is 0 Å². The number of ether oxygens (including phenoxy) is 2. The normalized spacial score (nSPS) is 10.9. The molecule has 0 saturated carbocycles. The van der Waals surface area contributed by atoms with E-state index in [2.05, 4.69) is 32.5 Å². The standard InChI is InChI=1S/C24H22BrClN2O3S/c1-16-4-3-5-17(10-16)14-31-24-21(25)11-18(12-22(24)30-2)13-27-28-23(29)15-32-20-8-6-19(26)7-9-20/h3-13H,14-15H2,1-2H3,(H,28,29)/b27-13-. The summed E-state index contributed by atoms with van der Waals surface area (Å²) in [7, 11) is 1.58. The Bertz CT molecular complexity index is 1110. The molecule has 0 aromatic heterocycles. The molecule has 0 aliphatic heterocycles. The Morgan fingerprint density at radius 3 is 2.69 bits per heavy atom. The van der Waals surface area contributed by atoms with E-state index in [4.69, 9.17) is 21.1 Å². The maximum absolute atomic E-state index is 12.0. The van der Waals surface area contributed by atoms with E-state index < -0.39 is 0 Å². The minimum absolute atomic E-state index is 0.203. The highest BCUT2D eigenvalue weighted by Crippen LogP contribution is 2.36. The van der Waals surface area contributed by atoms with E-state index in [0.29, 0.717) is 23.1 Å². The maximum Gasteiger partial charge on any atom is 0.250 e. The second-order valence-corrected chi connectivity index (χ2v) is 9.19. The Morgan fingerprint density at radius 1 is 1.19 bits per heavy atom. The summed E-state index contributed by atoms with van der Waals surface area (Å²) in [4.78, 5) is 13.0. The number of rotatable bonds is 9. The van der Waals surface area contributed by atoms with Gasteiger partial charge in [-0.1, -0.05) is 41.4 Å².